The second-order valence-electron chi connectivity index (χ2n) is 3.66. The van der Waals surface area contributed by atoms with Crippen molar-refractivity contribution in [2.75, 3.05) is 23.9 Å². The number of carbonyl (C=O) groups is 1. The first-order chi connectivity index (χ1) is 8.17. The van der Waals surface area contributed by atoms with Crippen molar-refractivity contribution in [2.24, 2.45) is 0 Å². The molecule has 0 radical (unpaired) electrons. The Morgan fingerprint density at radius 3 is 2.88 bits per heavy atom. The molecule has 17 heavy (non-hydrogen) atoms. The molecule has 0 aromatic carbocycles. The number of hydrogen-bond acceptors (Lipinski definition) is 4. The average Bonchev–Trinajstić information content (AvgIpc) is 2.34. The fourth-order valence-corrected chi connectivity index (χ4v) is 1.85. The maximum atomic E-state index is 10.9. The van der Waals surface area contributed by atoms with Crippen LogP contribution in [0.3, 0.4) is 0 Å². The number of rotatable bonds is 7. The Morgan fingerprint density at radius 1 is 1.53 bits per heavy atom. The first-order valence-electron chi connectivity index (χ1n) is 5.64. The van der Waals surface area contributed by atoms with Crippen LogP contribution in [0.5, 0.6) is 0 Å². The third-order valence-corrected chi connectivity index (χ3v) is 3.02. The molecule has 0 aliphatic carbocycles. The summed E-state index contributed by atoms with van der Waals surface area (Å²) in [4.78, 5) is 15.3. The van der Waals surface area contributed by atoms with Crippen molar-refractivity contribution >= 4 is 23.5 Å². The summed E-state index contributed by atoms with van der Waals surface area (Å²) < 4.78 is 0. The van der Waals surface area contributed by atoms with Gasteiger partial charge in [0.05, 0.1) is 5.56 Å². The molecule has 0 unspecified atom stereocenters. The number of nitrogens with zero attached hydrogens (tertiary/aromatic N) is 1. The molecule has 0 saturated heterocycles. The maximum absolute atomic E-state index is 10.9. The highest BCUT2D eigenvalue weighted by atomic mass is 32.2. The quantitative estimate of drug-likeness (QED) is 0.732. The Labute approximate surface area is 106 Å². The Hall–Kier alpha value is -1.23. The summed E-state index contributed by atoms with van der Waals surface area (Å²) in [5.41, 5.74) is 1.10. The van der Waals surface area contributed by atoms with E-state index in [-0.39, 0.29) is 0 Å². The van der Waals surface area contributed by atoms with Crippen molar-refractivity contribution in [3.05, 3.63) is 23.4 Å². The van der Waals surface area contributed by atoms with Gasteiger partial charge in [0.25, 0.3) is 0 Å². The van der Waals surface area contributed by atoms with Gasteiger partial charge in [0.15, 0.2) is 0 Å². The lowest BCUT2D eigenvalue weighted by Crippen LogP contribution is -2.08. The van der Waals surface area contributed by atoms with Gasteiger partial charge in [0.1, 0.15) is 5.82 Å². The van der Waals surface area contributed by atoms with Crippen LogP contribution < -0.4 is 5.32 Å². The third kappa shape index (κ3) is 4.65. The van der Waals surface area contributed by atoms with Crippen LogP contribution >= 0.6 is 11.8 Å². The molecule has 1 heterocycles. The van der Waals surface area contributed by atoms with Gasteiger partial charge in [-0.2, -0.15) is 11.8 Å². The van der Waals surface area contributed by atoms with Crippen LogP contribution in [0.25, 0.3) is 0 Å². The minimum absolute atomic E-state index is 0.296. The zero-order valence-corrected chi connectivity index (χ0v) is 11.0. The van der Waals surface area contributed by atoms with E-state index in [4.69, 9.17) is 5.11 Å². The summed E-state index contributed by atoms with van der Waals surface area (Å²) in [5, 5.41) is 12.1. The van der Waals surface area contributed by atoms with E-state index in [9.17, 15) is 4.79 Å². The lowest BCUT2D eigenvalue weighted by atomic mass is 10.2. The Kier molecular flexibility index (Phi) is 5.83. The van der Waals surface area contributed by atoms with Crippen LogP contribution in [0.1, 0.15) is 29.4 Å². The van der Waals surface area contributed by atoms with Crippen molar-refractivity contribution in [3.8, 4) is 0 Å². The molecule has 2 N–H and O–H groups in total. The molecule has 5 heteroatoms. The number of thioether (sulfide) groups is 1. The largest absolute Gasteiger partial charge is 0.478 e. The molecular formula is C12H18N2O2S. The number of pyridine rings is 1. The van der Waals surface area contributed by atoms with E-state index >= 15 is 0 Å². The molecule has 0 spiro atoms. The topological polar surface area (TPSA) is 62.2 Å². The summed E-state index contributed by atoms with van der Waals surface area (Å²) in [6, 6.07) is 3.20. The van der Waals surface area contributed by atoms with Crippen molar-refractivity contribution in [1.82, 2.24) is 4.98 Å². The molecule has 1 rings (SSSR count). The van der Waals surface area contributed by atoms with Gasteiger partial charge in [-0.25, -0.2) is 9.78 Å². The van der Waals surface area contributed by atoms with E-state index < -0.39 is 5.97 Å². The number of carboxylic acid groups (broad SMARTS) is 1. The number of hydrogen-bond donors (Lipinski definition) is 2. The number of aryl methyl sites for hydroxylation is 1. The summed E-state index contributed by atoms with van der Waals surface area (Å²) in [6.45, 7) is 2.78. The zero-order valence-electron chi connectivity index (χ0n) is 10.2. The van der Waals surface area contributed by atoms with Gasteiger partial charge >= 0.3 is 5.97 Å². The molecule has 4 nitrogen and oxygen atoms in total. The molecular weight excluding hydrogens is 236 g/mol. The maximum Gasteiger partial charge on any atom is 0.335 e. The molecule has 94 valence electrons. The minimum atomic E-state index is -0.908. The van der Waals surface area contributed by atoms with Gasteiger partial charge in [-0.05, 0) is 37.0 Å². The number of nitrogens with one attached hydrogen (secondary N) is 1. The van der Waals surface area contributed by atoms with Gasteiger partial charge in [-0.1, -0.05) is 6.92 Å². The summed E-state index contributed by atoms with van der Waals surface area (Å²) >= 11 is 1.80. The predicted molar refractivity (Wildman–Crippen MR) is 72.1 cm³/mol. The van der Waals surface area contributed by atoms with E-state index in [1.165, 1.54) is 0 Å². The Bertz CT molecular complexity index is 383. The molecule has 1 aromatic heterocycles. The van der Waals surface area contributed by atoms with Crippen LogP contribution in [0.2, 0.25) is 0 Å². The second kappa shape index (κ2) is 7.17. The molecule has 0 amide bonds. The molecule has 1 aromatic rings. The fraction of sp³-hybridized carbons (Fsp3) is 0.500. The molecule has 0 atom stereocenters. The van der Waals surface area contributed by atoms with Crippen molar-refractivity contribution < 1.29 is 9.90 Å². The number of aromatic nitrogens is 1. The highest BCUT2D eigenvalue weighted by Gasteiger charge is 2.07. The van der Waals surface area contributed by atoms with Crippen LogP contribution in [-0.2, 0) is 6.42 Å². The molecule has 0 bridgehead atoms. The Balaban J connectivity index is 2.70. The second-order valence-corrected chi connectivity index (χ2v) is 4.65. The van der Waals surface area contributed by atoms with Crippen LogP contribution in [0.15, 0.2) is 12.1 Å². The highest BCUT2D eigenvalue weighted by Crippen LogP contribution is 2.11. The van der Waals surface area contributed by atoms with Gasteiger partial charge in [0, 0.05) is 12.2 Å². The average molecular weight is 254 g/mol. The van der Waals surface area contributed by atoms with Crippen molar-refractivity contribution in [3.63, 3.8) is 0 Å². The van der Waals surface area contributed by atoms with Crippen molar-refractivity contribution in [1.29, 1.82) is 0 Å². The van der Waals surface area contributed by atoms with Gasteiger partial charge in [0.2, 0.25) is 0 Å². The van der Waals surface area contributed by atoms with Gasteiger partial charge < -0.3 is 10.4 Å². The summed E-state index contributed by atoms with van der Waals surface area (Å²) in [7, 11) is 0. The van der Waals surface area contributed by atoms with E-state index in [1.54, 1.807) is 23.9 Å². The third-order valence-electron chi connectivity index (χ3n) is 2.32. The highest BCUT2D eigenvalue weighted by molar-refractivity contribution is 7.98. The van der Waals surface area contributed by atoms with E-state index in [0.29, 0.717) is 11.4 Å². The standard InChI is InChI=1S/C12H18N2O2S/c1-3-10-7-9(12(15)16)8-11(14-10)13-5-4-6-17-2/h7-8H,3-6H2,1-2H3,(H,13,14)(H,15,16). The Morgan fingerprint density at radius 2 is 2.29 bits per heavy atom. The van der Waals surface area contributed by atoms with E-state index in [1.807, 2.05) is 6.92 Å². The fourth-order valence-electron chi connectivity index (χ4n) is 1.42. The number of aromatic carboxylic acids is 1. The number of anilines is 1. The van der Waals surface area contributed by atoms with E-state index in [0.717, 1.165) is 30.8 Å². The van der Waals surface area contributed by atoms with Crippen molar-refractivity contribution in [2.45, 2.75) is 19.8 Å². The zero-order chi connectivity index (χ0) is 12.7. The summed E-state index contributed by atoms with van der Waals surface area (Å²) in [5.74, 6) is 0.837. The smallest absolute Gasteiger partial charge is 0.335 e. The molecule has 0 aliphatic rings. The van der Waals surface area contributed by atoms with Crippen LogP contribution in [0.4, 0.5) is 5.82 Å². The first-order valence-corrected chi connectivity index (χ1v) is 7.03. The monoisotopic (exact) mass is 254 g/mol. The van der Waals surface area contributed by atoms with Gasteiger partial charge in [-0.15, -0.1) is 0 Å². The molecule has 0 saturated carbocycles. The molecule has 0 fully saturated rings. The normalized spacial score (nSPS) is 10.2. The first kappa shape index (κ1) is 13.8. The lowest BCUT2D eigenvalue weighted by Gasteiger charge is -2.08. The minimum Gasteiger partial charge on any atom is -0.478 e. The van der Waals surface area contributed by atoms with E-state index in [2.05, 4.69) is 16.6 Å². The predicted octanol–water partition coefficient (Wildman–Crippen LogP) is 2.51. The molecule has 0 aliphatic heterocycles. The van der Waals surface area contributed by atoms with Gasteiger partial charge in [-0.3, -0.25) is 0 Å². The SMILES string of the molecule is CCc1cc(C(=O)O)cc(NCCCSC)n1. The number of carboxylic acids is 1. The summed E-state index contributed by atoms with van der Waals surface area (Å²) in [6.07, 6.45) is 3.85. The van der Waals surface area contributed by atoms with Crippen LogP contribution in [-0.4, -0.2) is 34.6 Å². The van der Waals surface area contributed by atoms with Crippen LogP contribution in [0, 0.1) is 0 Å². The lowest BCUT2D eigenvalue weighted by molar-refractivity contribution is 0.0696.